The molecule has 0 fully saturated rings. The van der Waals surface area contributed by atoms with Gasteiger partial charge in [-0.25, -0.2) is 0 Å². The lowest BCUT2D eigenvalue weighted by Crippen LogP contribution is -2.21. The maximum absolute atomic E-state index is 12.4. The molecule has 0 aliphatic heterocycles. The molecule has 9 heteroatoms. The van der Waals surface area contributed by atoms with Crippen molar-refractivity contribution in [3.8, 4) is 11.5 Å². The van der Waals surface area contributed by atoms with E-state index in [0.717, 1.165) is 6.26 Å². The van der Waals surface area contributed by atoms with Gasteiger partial charge in [-0.05, 0) is 30.3 Å². The number of para-hydroxylation sites is 1. The van der Waals surface area contributed by atoms with Gasteiger partial charge in [0.25, 0.3) is 11.8 Å². The number of fused-ring (bicyclic) bond motifs is 1. The first-order valence-electron chi connectivity index (χ1n) is 7.64. The number of aromatic nitrogens is 2. The fourth-order valence-electron chi connectivity index (χ4n) is 2.44. The molecular formula is C18H9Cl2N3O4. The molecule has 7 nitrogen and oxygen atoms in total. The number of nitrogens with zero attached hydrogens (tertiary/aromatic N) is 2. The van der Waals surface area contributed by atoms with Crippen LogP contribution < -0.4 is 10.7 Å². The van der Waals surface area contributed by atoms with Gasteiger partial charge in [-0.1, -0.05) is 40.4 Å². The third kappa shape index (κ3) is 3.30. The molecule has 134 valence electrons. The van der Waals surface area contributed by atoms with E-state index in [1.807, 2.05) is 0 Å². The third-order valence-electron chi connectivity index (χ3n) is 3.73. The minimum atomic E-state index is -0.734. The van der Waals surface area contributed by atoms with Crippen LogP contribution in [0, 0.1) is 0 Å². The SMILES string of the molecule is O=C(Nc1nnc(-c2cc(Cl)ccc2Cl)o1)c1coc2ccccc2c1=O. The van der Waals surface area contributed by atoms with Crippen LogP contribution in [0.5, 0.6) is 0 Å². The first-order valence-corrected chi connectivity index (χ1v) is 8.39. The summed E-state index contributed by atoms with van der Waals surface area (Å²) in [5.74, 6) is -0.662. The topological polar surface area (TPSA) is 98.2 Å². The highest BCUT2D eigenvalue weighted by atomic mass is 35.5. The molecule has 2 heterocycles. The van der Waals surface area contributed by atoms with Crippen molar-refractivity contribution in [1.29, 1.82) is 0 Å². The van der Waals surface area contributed by atoms with Crippen LogP contribution in [0.25, 0.3) is 22.4 Å². The molecule has 0 atom stereocenters. The summed E-state index contributed by atoms with van der Waals surface area (Å²) in [5.41, 5.74) is 0.151. The number of benzene rings is 2. The van der Waals surface area contributed by atoms with Crippen molar-refractivity contribution in [2.24, 2.45) is 0 Å². The Balaban J connectivity index is 1.63. The number of carbonyl (C=O) groups is 1. The standard InChI is InChI=1S/C18H9Cl2N3O4/c19-9-5-6-13(20)11(7-9)17-22-23-18(27-17)21-16(25)12-8-26-14-4-2-1-3-10(14)15(12)24/h1-8H,(H,21,23,25). The maximum Gasteiger partial charge on any atom is 0.322 e. The number of carbonyl (C=O) groups excluding carboxylic acids is 1. The van der Waals surface area contributed by atoms with E-state index in [-0.39, 0.29) is 17.5 Å². The second-order valence-electron chi connectivity index (χ2n) is 5.47. The molecule has 27 heavy (non-hydrogen) atoms. The molecule has 2 aromatic heterocycles. The Morgan fingerprint density at radius 2 is 1.89 bits per heavy atom. The number of anilines is 1. The lowest BCUT2D eigenvalue weighted by Gasteiger charge is -2.02. The predicted octanol–water partition coefficient (Wildman–Crippen LogP) is 4.40. The summed E-state index contributed by atoms with van der Waals surface area (Å²) in [6.07, 6.45) is 1.09. The summed E-state index contributed by atoms with van der Waals surface area (Å²) in [5, 5.41) is 11.0. The quantitative estimate of drug-likeness (QED) is 0.546. The van der Waals surface area contributed by atoms with E-state index in [4.69, 9.17) is 32.0 Å². The Bertz CT molecular complexity index is 1230. The van der Waals surface area contributed by atoms with E-state index in [1.165, 1.54) is 0 Å². The minimum Gasteiger partial charge on any atom is -0.463 e. The van der Waals surface area contributed by atoms with Crippen LogP contribution in [0.2, 0.25) is 10.0 Å². The number of amides is 1. The third-order valence-corrected chi connectivity index (χ3v) is 4.29. The van der Waals surface area contributed by atoms with Crippen molar-refractivity contribution in [2.75, 3.05) is 5.32 Å². The van der Waals surface area contributed by atoms with Gasteiger partial charge in [-0.3, -0.25) is 14.9 Å². The second kappa shape index (κ2) is 6.86. The Morgan fingerprint density at radius 1 is 1.07 bits per heavy atom. The van der Waals surface area contributed by atoms with Gasteiger partial charge < -0.3 is 8.83 Å². The average molecular weight is 402 g/mol. The number of hydrogen-bond donors (Lipinski definition) is 1. The lowest BCUT2D eigenvalue weighted by molar-refractivity contribution is 0.102. The normalized spacial score (nSPS) is 10.9. The van der Waals surface area contributed by atoms with Crippen LogP contribution in [-0.4, -0.2) is 16.1 Å². The van der Waals surface area contributed by atoms with Crippen LogP contribution in [-0.2, 0) is 0 Å². The Hall–Kier alpha value is -3.16. The van der Waals surface area contributed by atoms with Crippen molar-refractivity contribution in [3.63, 3.8) is 0 Å². The van der Waals surface area contributed by atoms with Gasteiger partial charge in [0, 0.05) is 5.02 Å². The van der Waals surface area contributed by atoms with E-state index in [1.54, 1.807) is 42.5 Å². The van der Waals surface area contributed by atoms with Crippen molar-refractivity contribution in [2.45, 2.75) is 0 Å². The molecule has 0 spiro atoms. The molecule has 0 bridgehead atoms. The van der Waals surface area contributed by atoms with Crippen LogP contribution in [0.3, 0.4) is 0 Å². The van der Waals surface area contributed by atoms with E-state index in [9.17, 15) is 9.59 Å². The number of rotatable bonds is 3. The van der Waals surface area contributed by atoms with Crippen molar-refractivity contribution < 1.29 is 13.6 Å². The zero-order chi connectivity index (χ0) is 19.0. The van der Waals surface area contributed by atoms with Gasteiger partial charge in [-0.15, -0.1) is 5.10 Å². The minimum absolute atomic E-state index is 0.0725. The molecule has 1 amide bonds. The number of nitrogens with one attached hydrogen (secondary N) is 1. The molecule has 1 N–H and O–H groups in total. The highest BCUT2D eigenvalue weighted by molar-refractivity contribution is 6.35. The van der Waals surface area contributed by atoms with Crippen LogP contribution in [0.15, 0.2) is 62.4 Å². The largest absolute Gasteiger partial charge is 0.463 e. The summed E-state index contributed by atoms with van der Waals surface area (Å²) < 4.78 is 10.7. The Morgan fingerprint density at radius 3 is 2.74 bits per heavy atom. The molecule has 2 aromatic carbocycles. The summed E-state index contributed by atoms with van der Waals surface area (Å²) in [6, 6.07) is 11.2. The van der Waals surface area contributed by atoms with Crippen molar-refractivity contribution >= 4 is 46.1 Å². The molecule has 0 saturated carbocycles. The molecular weight excluding hydrogens is 393 g/mol. The fourth-order valence-corrected chi connectivity index (χ4v) is 2.81. The Labute approximate surface area is 161 Å². The number of hydrogen-bond acceptors (Lipinski definition) is 6. The van der Waals surface area contributed by atoms with E-state index in [0.29, 0.717) is 26.6 Å². The molecule has 0 aliphatic carbocycles. The molecule has 4 aromatic rings. The highest BCUT2D eigenvalue weighted by Crippen LogP contribution is 2.30. The second-order valence-corrected chi connectivity index (χ2v) is 6.31. The fraction of sp³-hybridized carbons (Fsp3) is 0. The van der Waals surface area contributed by atoms with Gasteiger partial charge in [0.1, 0.15) is 17.4 Å². The zero-order valence-electron chi connectivity index (χ0n) is 13.4. The molecule has 0 aliphatic rings. The predicted molar refractivity (Wildman–Crippen MR) is 100 cm³/mol. The van der Waals surface area contributed by atoms with Gasteiger partial charge in [-0.2, -0.15) is 0 Å². The molecule has 0 unspecified atom stereocenters. The monoisotopic (exact) mass is 401 g/mol. The average Bonchev–Trinajstić information content (AvgIpc) is 3.12. The molecule has 0 saturated heterocycles. The lowest BCUT2D eigenvalue weighted by atomic mass is 10.1. The van der Waals surface area contributed by atoms with Gasteiger partial charge in [0.2, 0.25) is 5.43 Å². The first kappa shape index (κ1) is 17.3. The summed E-state index contributed by atoms with van der Waals surface area (Å²) in [7, 11) is 0. The van der Waals surface area contributed by atoms with E-state index >= 15 is 0 Å². The first-order chi connectivity index (χ1) is 13.0. The Kier molecular flexibility index (Phi) is 4.39. The van der Waals surface area contributed by atoms with E-state index in [2.05, 4.69) is 15.5 Å². The van der Waals surface area contributed by atoms with Crippen LogP contribution >= 0.6 is 23.2 Å². The van der Waals surface area contributed by atoms with Crippen LogP contribution in [0.4, 0.5) is 6.01 Å². The summed E-state index contributed by atoms with van der Waals surface area (Å²) in [6.45, 7) is 0. The smallest absolute Gasteiger partial charge is 0.322 e. The van der Waals surface area contributed by atoms with Crippen molar-refractivity contribution in [3.05, 3.63) is 74.6 Å². The summed E-state index contributed by atoms with van der Waals surface area (Å²) >= 11 is 12.0. The molecule has 4 rings (SSSR count). The van der Waals surface area contributed by atoms with E-state index < -0.39 is 11.3 Å². The highest BCUT2D eigenvalue weighted by Gasteiger charge is 2.18. The molecule has 0 radical (unpaired) electrons. The number of halogens is 2. The van der Waals surface area contributed by atoms with Crippen molar-refractivity contribution in [1.82, 2.24) is 10.2 Å². The van der Waals surface area contributed by atoms with Gasteiger partial charge in [0.05, 0.1) is 16.0 Å². The van der Waals surface area contributed by atoms with Gasteiger partial charge in [0.15, 0.2) is 0 Å². The van der Waals surface area contributed by atoms with Gasteiger partial charge >= 0.3 is 6.01 Å². The zero-order valence-corrected chi connectivity index (χ0v) is 14.9. The summed E-state index contributed by atoms with van der Waals surface area (Å²) in [4.78, 5) is 24.8. The van der Waals surface area contributed by atoms with Crippen LogP contribution in [0.1, 0.15) is 10.4 Å². The maximum atomic E-state index is 12.4.